The zero-order valence-electron chi connectivity index (χ0n) is 13.6. The van der Waals surface area contributed by atoms with Gasteiger partial charge in [0.05, 0.1) is 24.2 Å². The summed E-state index contributed by atoms with van der Waals surface area (Å²) in [5.74, 6) is 0.887. The van der Waals surface area contributed by atoms with E-state index in [-0.39, 0.29) is 6.10 Å². The van der Waals surface area contributed by atoms with E-state index in [9.17, 15) is 0 Å². The van der Waals surface area contributed by atoms with Crippen LogP contribution in [0.15, 0.2) is 61.2 Å². The number of nitrogens with one attached hydrogen (secondary N) is 1. The van der Waals surface area contributed by atoms with E-state index in [4.69, 9.17) is 4.74 Å². The second kappa shape index (κ2) is 5.85. The van der Waals surface area contributed by atoms with Gasteiger partial charge in [-0.3, -0.25) is 9.50 Å². The second-order valence-corrected chi connectivity index (χ2v) is 5.97. The number of benzene rings is 1. The zero-order chi connectivity index (χ0) is 16.5. The van der Waals surface area contributed by atoms with Crippen LogP contribution in [0.5, 0.6) is 5.75 Å². The maximum Gasteiger partial charge on any atom is 0.137 e. The van der Waals surface area contributed by atoms with Crippen LogP contribution in [0.3, 0.4) is 0 Å². The molecule has 0 atom stereocenters. The van der Waals surface area contributed by atoms with E-state index in [1.165, 1.54) is 0 Å². The molecule has 3 aromatic heterocycles. The van der Waals surface area contributed by atoms with Gasteiger partial charge in [0.1, 0.15) is 11.4 Å². The molecule has 1 N–H and O–H groups in total. The molecule has 0 amide bonds. The molecule has 4 rings (SSSR count). The number of nitrogens with zero attached hydrogens (tertiary/aromatic N) is 3. The van der Waals surface area contributed by atoms with Crippen LogP contribution in [-0.4, -0.2) is 25.7 Å². The number of imidazole rings is 1. The monoisotopic (exact) mass is 318 g/mol. The van der Waals surface area contributed by atoms with Gasteiger partial charge in [-0.1, -0.05) is 12.1 Å². The van der Waals surface area contributed by atoms with E-state index in [1.54, 1.807) is 6.20 Å². The van der Waals surface area contributed by atoms with Crippen molar-refractivity contribution in [2.45, 2.75) is 20.0 Å². The molecule has 0 radical (unpaired) electrons. The molecule has 1 aromatic carbocycles. The van der Waals surface area contributed by atoms with E-state index in [0.29, 0.717) is 0 Å². The maximum atomic E-state index is 5.69. The Kier molecular flexibility index (Phi) is 3.54. The summed E-state index contributed by atoms with van der Waals surface area (Å²) < 4.78 is 7.75. The third kappa shape index (κ3) is 2.65. The molecule has 0 spiro atoms. The molecular formula is C19H18N4O. The van der Waals surface area contributed by atoms with Crippen molar-refractivity contribution in [3.63, 3.8) is 0 Å². The first-order chi connectivity index (χ1) is 11.7. The largest absolute Gasteiger partial charge is 0.491 e. The van der Waals surface area contributed by atoms with Crippen molar-refractivity contribution in [1.82, 2.24) is 19.6 Å². The first-order valence-electron chi connectivity index (χ1n) is 7.94. The van der Waals surface area contributed by atoms with Gasteiger partial charge < -0.3 is 4.74 Å². The summed E-state index contributed by atoms with van der Waals surface area (Å²) in [4.78, 5) is 4.51. The number of fused-ring (bicyclic) bond motifs is 1. The lowest BCUT2D eigenvalue weighted by atomic mass is 10.1. The molecule has 0 saturated heterocycles. The maximum absolute atomic E-state index is 5.69. The summed E-state index contributed by atoms with van der Waals surface area (Å²) in [6.07, 6.45) is 7.75. The highest BCUT2D eigenvalue weighted by Crippen LogP contribution is 2.26. The Labute approximate surface area is 139 Å². The summed E-state index contributed by atoms with van der Waals surface area (Å²) in [5, 5.41) is 6.84. The Balaban J connectivity index is 1.68. The number of hydrogen-bond donors (Lipinski definition) is 1. The fraction of sp³-hybridized carbons (Fsp3) is 0.158. The Bertz CT molecular complexity index is 953. The van der Waals surface area contributed by atoms with Crippen LogP contribution in [0.4, 0.5) is 0 Å². The SMILES string of the molecule is CC(C)Oc1ccc(-c2ccn3c(-c4cn[nH]c4)cnc3c2)cc1. The molecule has 24 heavy (non-hydrogen) atoms. The Hall–Kier alpha value is -3.08. The van der Waals surface area contributed by atoms with Gasteiger partial charge in [0.15, 0.2) is 0 Å². The fourth-order valence-electron chi connectivity index (χ4n) is 2.76. The van der Waals surface area contributed by atoms with Crippen LogP contribution >= 0.6 is 0 Å². The molecule has 5 nitrogen and oxygen atoms in total. The smallest absolute Gasteiger partial charge is 0.137 e. The molecule has 3 heterocycles. The first-order valence-corrected chi connectivity index (χ1v) is 7.94. The van der Waals surface area contributed by atoms with E-state index in [2.05, 4.69) is 43.8 Å². The Morgan fingerprint density at radius 3 is 2.54 bits per heavy atom. The van der Waals surface area contributed by atoms with E-state index in [0.717, 1.165) is 33.8 Å². The third-order valence-electron chi connectivity index (χ3n) is 3.87. The molecule has 0 aliphatic carbocycles. The van der Waals surface area contributed by atoms with Gasteiger partial charge in [0.25, 0.3) is 0 Å². The molecule has 0 aliphatic rings. The zero-order valence-corrected chi connectivity index (χ0v) is 13.6. The summed E-state index contributed by atoms with van der Waals surface area (Å²) in [6, 6.07) is 12.3. The van der Waals surface area contributed by atoms with E-state index in [1.807, 2.05) is 44.6 Å². The van der Waals surface area contributed by atoms with Gasteiger partial charge in [-0.05, 0) is 49.2 Å². The average molecular weight is 318 g/mol. The van der Waals surface area contributed by atoms with Crippen molar-refractivity contribution < 1.29 is 4.74 Å². The predicted octanol–water partition coefficient (Wildman–Crippen LogP) is 4.18. The van der Waals surface area contributed by atoms with Crippen LogP contribution in [0.25, 0.3) is 28.0 Å². The third-order valence-corrected chi connectivity index (χ3v) is 3.87. The fourth-order valence-corrected chi connectivity index (χ4v) is 2.76. The summed E-state index contributed by atoms with van der Waals surface area (Å²) in [5.41, 5.74) is 5.21. The number of aromatic amines is 1. The molecule has 0 saturated carbocycles. The minimum absolute atomic E-state index is 0.179. The molecule has 5 heteroatoms. The highest BCUT2D eigenvalue weighted by molar-refractivity contribution is 5.70. The minimum atomic E-state index is 0.179. The lowest BCUT2D eigenvalue weighted by molar-refractivity contribution is 0.242. The summed E-state index contributed by atoms with van der Waals surface area (Å²) in [6.45, 7) is 4.05. The van der Waals surface area contributed by atoms with Crippen LogP contribution in [-0.2, 0) is 0 Å². The van der Waals surface area contributed by atoms with Gasteiger partial charge in [-0.25, -0.2) is 4.98 Å². The number of hydrogen-bond acceptors (Lipinski definition) is 3. The van der Waals surface area contributed by atoms with Crippen LogP contribution < -0.4 is 4.74 Å². The normalized spacial score (nSPS) is 11.3. The average Bonchev–Trinajstić information content (AvgIpc) is 3.23. The van der Waals surface area contributed by atoms with Gasteiger partial charge >= 0.3 is 0 Å². The molecule has 0 aliphatic heterocycles. The van der Waals surface area contributed by atoms with Gasteiger partial charge in [0.2, 0.25) is 0 Å². The number of rotatable bonds is 4. The lowest BCUT2D eigenvalue weighted by Gasteiger charge is -2.10. The standard InChI is InChI=1S/C19H18N4O/c1-13(2)24-17-5-3-14(4-6-17)15-7-8-23-18(12-20-19(23)9-15)16-10-21-22-11-16/h3-13H,1-2H3,(H,21,22). The van der Waals surface area contributed by atoms with Gasteiger partial charge in [0, 0.05) is 18.0 Å². The van der Waals surface area contributed by atoms with Crippen molar-refractivity contribution in [2.24, 2.45) is 0 Å². The minimum Gasteiger partial charge on any atom is -0.491 e. The number of aromatic nitrogens is 4. The van der Waals surface area contributed by atoms with Crippen molar-refractivity contribution in [3.8, 4) is 28.1 Å². The second-order valence-electron chi connectivity index (χ2n) is 5.97. The molecule has 4 aromatic rings. The Morgan fingerprint density at radius 2 is 1.83 bits per heavy atom. The first kappa shape index (κ1) is 14.5. The van der Waals surface area contributed by atoms with Crippen LogP contribution in [0, 0.1) is 0 Å². The predicted molar refractivity (Wildman–Crippen MR) is 94.0 cm³/mol. The van der Waals surface area contributed by atoms with Gasteiger partial charge in [-0.2, -0.15) is 5.10 Å². The summed E-state index contributed by atoms with van der Waals surface area (Å²) in [7, 11) is 0. The Morgan fingerprint density at radius 1 is 1.00 bits per heavy atom. The number of H-pyrrole nitrogens is 1. The van der Waals surface area contributed by atoms with Crippen molar-refractivity contribution in [3.05, 3.63) is 61.2 Å². The van der Waals surface area contributed by atoms with Crippen molar-refractivity contribution in [2.75, 3.05) is 0 Å². The number of ether oxygens (including phenoxy) is 1. The van der Waals surface area contributed by atoms with Crippen molar-refractivity contribution in [1.29, 1.82) is 0 Å². The highest BCUT2D eigenvalue weighted by atomic mass is 16.5. The highest BCUT2D eigenvalue weighted by Gasteiger charge is 2.08. The summed E-state index contributed by atoms with van der Waals surface area (Å²) >= 11 is 0. The quantitative estimate of drug-likeness (QED) is 0.614. The molecule has 0 unspecified atom stereocenters. The topological polar surface area (TPSA) is 55.2 Å². The van der Waals surface area contributed by atoms with Gasteiger partial charge in [-0.15, -0.1) is 0 Å². The molecule has 0 bridgehead atoms. The lowest BCUT2D eigenvalue weighted by Crippen LogP contribution is -2.05. The molecule has 0 fully saturated rings. The number of pyridine rings is 1. The van der Waals surface area contributed by atoms with E-state index < -0.39 is 0 Å². The van der Waals surface area contributed by atoms with Crippen LogP contribution in [0.1, 0.15) is 13.8 Å². The molecular weight excluding hydrogens is 300 g/mol. The van der Waals surface area contributed by atoms with Crippen LogP contribution in [0.2, 0.25) is 0 Å². The van der Waals surface area contributed by atoms with E-state index >= 15 is 0 Å². The molecule has 120 valence electrons. The van der Waals surface area contributed by atoms with Crippen molar-refractivity contribution >= 4 is 5.65 Å².